The van der Waals surface area contributed by atoms with Crippen molar-refractivity contribution >= 4 is 30.1 Å². The minimum atomic E-state index is -4.43. The maximum atomic E-state index is 14.0. The Bertz CT molecular complexity index is 4190. The van der Waals surface area contributed by atoms with Crippen molar-refractivity contribution in [2.45, 2.75) is 152 Å². The molecule has 6 aromatic carbocycles. The Morgan fingerprint density at radius 1 is 0.344 bits per heavy atom. The summed E-state index contributed by atoms with van der Waals surface area (Å²) in [7, 11) is -3.12. The molecule has 0 aliphatic heterocycles. The number of nitrogens with two attached hydrogens (primary N) is 3. The van der Waals surface area contributed by atoms with Gasteiger partial charge in [0, 0.05) is 130 Å². The van der Waals surface area contributed by atoms with Crippen LogP contribution in [0.2, 0.25) is 0 Å². The molecule has 12 bridgehead atoms. The second-order valence-corrected chi connectivity index (χ2v) is 32.6. The molecule has 0 radical (unpaired) electrons. The largest absolute Gasteiger partial charge is 0.496 e. The predicted molar refractivity (Wildman–Crippen MR) is 368 cm³/mol. The van der Waals surface area contributed by atoms with E-state index in [1.807, 2.05) is 89.8 Å². The highest BCUT2D eigenvalue weighted by Crippen LogP contribution is 2.45. The highest BCUT2D eigenvalue weighted by Gasteiger charge is 2.31. The van der Waals surface area contributed by atoms with Gasteiger partial charge in [-0.1, -0.05) is 98.7 Å². The SMILES string of the molecule is COc1c2cc(S(N)(=O)=O)cc1Cc1cc(C(C)(C)C)cc(c1OCc1nccn1C)Cc1cc(S(N)(=O)=O)cc(c1OC)Cc1cc(C(C)(C)C)cc(c1OCc1nccn1C)Cc1cc(S(N)(=O)=O)cc(c1OC)Cc1cc(C(C)(C)C)cc(c1OCc1nccn1C)C2. The molecule has 0 unspecified atom stereocenters. The van der Waals surface area contributed by atoms with Crippen LogP contribution in [-0.2, 0) is 126 Å². The van der Waals surface area contributed by atoms with Gasteiger partial charge >= 0.3 is 0 Å². The predicted octanol–water partition coefficient (Wildman–Crippen LogP) is 10.3. The Labute approximate surface area is 564 Å². The van der Waals surface area contributed by atoms with E-state index in [-0.39, 0.29) is 73.0 Å². The Kier molecular flexibility index (Phi) is 19.6. The van der Waals surface area contributed by atoms with Crippen molar-refractivity contribution in [1.29, 1.82) is 0 Å². The van der Waals surface area contributed by atoms with Gasteiger partial charge in [0.1, 0.15) is 71.8 Å². The molecule has 9 aromatic rings. The minimum absolute atomic E-state index is 0.00258. The Morgan fingerprint density at radius 3 is 0.677 bits per heavy atom. The van der Waals surface area contributed by atoms with Gasteiger partial charge in [0.05, 0.1) is 36.0 Å². The van der Waals surface area contributed by atoms with Crippen molar-refractivity contribution in [2.24, 2.45) is 36.6 Å². The number of aromatic nitrogens is 6. The summed E-state index contributed by atoms with van der Waals surface area (Å²) < 4.78 is 130. The molecule has 0 saturated heterocycles. The monoisotopic (exact) mass is 1370 g/mol. The van der Waals surface area contributed by atoms with Gasteiger partial charge in [-0.15, -0.1) is 0 Å². The van der Waals surface area contributed by atoms with Gasteiger partial charge in [-0.25, -0.2) is 55.6 Å². The van der Waals surface area contributed by atoms with E-state index in [2.05, 4.69) is 77.3 Å². The van der Waals surface area contributed by atoms with Crippen molar-refractivity contribution in [3.63, 3.8) is 0 Å². The lowest BCUT2D eigenvalue weighted by Gasteiger charge is -2.27. The van der Waals surface area contributed by atoms with Crippen LogP contribution in [0, 0.1) is 0 Å². The number of primary sulfonamides is 3. The summed E-state index contributed by atoms with van der Waals surface area (Å²) in [5.41, 5.74) is 7.56. The number of benzene rings is 6. The number of methoxy groups -OCH3 is 3. The van der Waals surface area contributed by atoms with Crippen LogP contribution in [0.1, 0.15) is 163 Å². The first-order chi connectivity index (χ1) is 44.9. The molecule has 10 rings (SSSR count). The zero-order chi connectivity index (χ0) is 69.8. The topological polar surface area (TPSA) is 289 Å². The fraction of sp³-hybridized carbons (Fsp3) is 0.375. The smallest absolute Gasteiger partial charge is 0.238 e. The summed E-state index contributed by atoms with van der Waals surface area (Å²) in [6, 6.07) is 21.3. The average Bonchev–Trinajstić information content (AvgIpc) is 0.801. The summed E-state index contributed by atoms with van der Waals surface area (Å²) in [6.45, 7) is 18.7. The van der Waals surface area contributed by atoms with Crippen LogP contribution >= 0.6 is 0 Å². The number of rotatable bonds is 15. The molecule has 0 fully saturated rings. The van der Waals surface area contributed by atoms with Crippen LogP contribution < -0.4 is 43.8 Å². The van der Waals surface area contributed by atoms with Crippen LogP contribution in [0.5, 0.6) is 34.5 Å². The number of hydrogen-bond donors (Lipinski definition) is 3. The van der Waals surface area contributed by atoms with Gasteiger partial charge in [-0.3, -0.25) is 0 Å². The lowest BCUT2D eigenvalue weighted by atomic mass is 9.81. The molecule has 0 amide bonds. The molecule has 3 heterocycles. The molecular formula is C72H87N9O12S3. The summed E-state index contributed by atoms with van der Waals surface area (Å²) in [5.74, 6) is 4.12. The van der Waals surface area contributed by atoms with Gasteiger partial charge in [0.25, 0.3) is 0 Å². The summed E-state index contributed by atoms with van der Waals surface area (Å²) in [6.07, 6.45) is 10.6. The van der Waals surface area contributed by atoms with E-state index in [1.165, 1.54) is 57.7 Å². The van der Waals surface area contributed by atoms with Crippen molar-refractivity contribution in [3.05, 3.63) is 211 Å². The van der Waals surface area contributed by atoms with E-state index < -0.39 is 46.3 Å². The van der Waals surface area contributed by atoms with Gasteiger partial charge in [0.2, 0.25) is 30.1 Å². The third-order valence-corrected chi connectivity index (χ3v) is 20.3. The zero-order valence-electron chi connectivity index (χ0n) is 57.3. The second kappa shape index (κ2) is 26.8. The van der Waals surface area contributed by atoms with Gasteiger partial charge < -0.3 is 42.1 Å². The number of fused-ring (bicyclic) bond motifs is 12. The Balaban J connectivity index is 1.35. The molecule has 0 spiro atoms. The number of sulfonamides is 3. The number of ether oxygens (including phenoxy) is 6. The molecule has 24 heteroatoms. The molecule has 510 valence electrons. The maximum Gasteiger partial charge on any atom is 0.238 e. The van der Waals surface area contributed by atoms with Crippen LogP contribution in [0.25, 0.3) is 0 Å². The van der Waals surface area contributed by atoms with E-state index in [1.54, 1.807) is 18.6 Å². The third-order valence-electron chi connectivity index (χ3n) is 17.7. The molecule has 1 aliphatic carbocycles. The minimum Gasteiger partial charge on any atom is -0.496 e. The van der Waals surface area contributed by atoms with Crippen molar-refractivity contribution in [3.8, 4) is 34.5 Å². The van der Waals surface area contributed by atoms with Gasteiger partial charge in [-0.2, -0.15) is 0 Å². The quantitative estimate of drug-likeness (QED) is 0.0860. The zero-order valence-corrected chi connectivity index (χ0v) is 59.7. The third kappa shape index (κ3) is 15.5. The molecule has 1 aliphatic rings. The first-order valence-corrected chi connectivity index (χ1v) is 36.0. The number of aryl methyl sites for hydroxylation is 3. The highest BCUT2D eigenvalue weighted by molar-refractivity contribution is 7.89. The Hall–Kier alpha value is -8.52. The first-order valence-electron chi connectivity index (χ1n) is 31.3. The summed E-state index contributed by atoms with van der Waals surface area (Å²) in [5, 5.41) is 18.5. The van der Waals surface area contributed by atoms with Crippen molar-refractivity contribution in [2.75, 3.05) is 21.3 Å². The number of imidazole rings is 3. The molecule has 21 nitrogen and oxygen atoms in total. The van der Waals surface area contributed by atoms with Crippen LogP contribution in [0.15, 0.2) is 125 Å². The summed E-state index contributed by atoms with van der Waals surface area (Å²) in [4.78, 5) is 13.3. The van der Waals surface area contributed by atoms with E-state index in [0.29, 0.717) is 119 Å². The summed E-state index contributed by atoms with van der Waals surface area (Å²) >= 11 is 0. The fourth-order valence-corrected chi connectivity index (χ4v) is 14.2. The number of nitrogens with zero attached hydrogens (tertiary/aromatic N) is 6. The lowest BCUT2D eigenvalue weighted by Crippen LogP contribution is -2.17. The highest BCUT2D eigenvalue weighted by atomic mass is 32.2. The maximum absolute atomic E-state index is 14.0. The van der Waals surface area contributed by atoms with Crippen LogP contribution in [-0.4, -0.2) is 75.2 Å². The van der Waals surface area contributed by atoms with Gasteiger partial charge in [-0.05, 0) is 103 Å². The van der Waals surface area contributed by atoms with E-state index in [0.717, 1.165) is 16.7 Å². The normalized spacial score (nSPS) is 13.4. The second-order valence-electron chi connectivity index (χ2n) is 27.9. The van der Waals surface area contributed by atoms with Crippen LogP contribution in [0.3, 0.4) is 0 Å². The molecular weight excluding hydrogens is 1280 g/mol. The van der Waals surface area contributed by atoms with Crippen molar-refractivity contribution < 1.29 is 53.7 Å². The van der Waals surface area contributed by atoms with Gasteiger partial charge in [0.15, 0.2) is 0 Å². The Morgan fingerprint density at radius 2 is 0.531 bits per heavy atom. The molecule has 0 saturated carbocycles. The average molecular weight is 1370 g/mol. The number of hydrogen-bond acceptors (Lipinski definition) is 15. The molecule has 3 aromatic heterocycles. The standard InChI is InChI=1S/C72H87N9O12S3/c1-70(2,3)55-28-43-22-49-34-58(94(73,82)83)36-51(64(49)88-13)24-45-30-56(71(4,5)6)32-47(68(45)92-41-62-77-17-20-80(62)11)26-53-38-60(96(75,86)87)39-54(66(53)90-15)27-48-33-57(72(7,8)9)31-46(69(48)93-42-63-78-18-21-81(63)12)25-52-37-59(95(74,84)85)35-50(65(52)89-14)23-44(29-55)67(43)91-40-61-76-16-19-79(61)10/h16-21,28-39H,22-27,40-42H2,1-15H3,(H2,73,82,83)(H2,74,84,85)(H2,75,86,87). The van der Waals surface area contributed by atoms with E-state index >= 15 is 0 Å². The molecule has 6 N–H and O–H groups in total. The van der Waals surface area contributed by atoms with Crippen LogP contribution in [0.4, 0.5) is 0 Å². The van der Waals surface area contributed by atoms with Crippen molar-refractivity contribution in [1.82, 2.24) is 28.7 Å². The first kappa shape index (κ1) is 70.3. The lowest BCUT2D eigenvalue weighted by molar-refractivity contribution is 0.286. The fourth-order valence-electron chi connectivity index (χ4n) is 12.4. The molecule has 96 heavy (non-hydrogen) atoms. The van der Waals surface area contributed by atoms with E-state index in [9.17, 15) is 25.3 Å². The van der Waals surface area contributed by atoms with E-state index in [4.69, 9.17) is 43.8 Å². The molecule has 0 atom stereocenters.